The number of nitrogens with zero attached hydrogens (tertiary/aromatic N) is 2. The minimum absolute atomic E-state index is 0.0738. The smallest absolute Gasteiger partial charge is 0.278 e. The fourth-order valence-corrected chi connectivity index (χ4v) is 0.825. The zero-order valence-corrected chi connectivity index (χ0v) is 6.04. The lowest BCUT2D eigenvalue weighted by molar-refractivity contribution is -0.385. The van der Waals surface area contributed by atoms with E-state index in [0.717, 1.165) is 6.21 Å². The van der Waals surface area contributed by atoms with Crippen molar-refractivity contribution in [1.82, 2.24) is 0 Å². The fraction of sp³-hybridized carbons (Fsp3) is 0. The van der Waals surface area contributed by atoms with Gasteiger partial charge in [0, 0.05) is 6.07 Å². The maximum atomic E-state index is 10.4. The van der Waals surface area contributed by atoms with Crippen LogP contribution < -0.4 is 0 Å². The number of hydrogen-bond donors (Lipinski definition) is 1. The van der Waals surface area contributed by atoms with Gasteiger partial charge in [-0.3, -0.25) is 10.1 Å². The van der Waals surface area contributed by atoms with Crippen molar-refractivity contribution in [3.8, 4) is 0 Å². The number of nitro groups is 1. The molecule has 1 aromatic rings. The molecule has 0 saturated heterocycles. The zero-order valence-electron chi connectivity index (χ0n) is 6.04. The van der Waals surface area contributed by atoms with Gasteiger partial charge in [0.25, 0.3) is 5.69 Å². The molecule has 62 valence electrons. The molecule has 0 spiro atoms. The predicted molar refractivity (Wildman–Crippen MR) is 42.5 cm³/mol. The third kappa shape index (κ3) is 1.57. The standard InChI is InChI=1S/C7H6N2O3/c10-8-5-6-3-1-2-4-7(6)9(11)12/h1-5,10H/b8-5-. The monoisotopic (exact) mass is 166 g/mol. The molecule has 0 aliphatic rings. The van der Waals surface area contributed by atoms with Crippen LogP contribution in [0.3, 0.4) is 0 Å². The number of oxime groups is 1. The maximum Gasteiger partial charge on any atom is 0.278 e. The molecule has 0 unspecified atom stereocenters. The Balaban J connectivity index is 3.17. The summed E-state index contributed by atoms with van der Waals surface area (Å²) in [5.74, 6) is 0. The van der Waals surface area contributed by atoms with E-state index in [0.29, 0.717) is 0 Å². The topological polar surface area (TPSA) is 75.7 Å². The Morgan fingerprint density at radius 1 is 1.50 bits per heavy atom. The lowest BCUT2D eigenvalue weighted by Crippen LogP contribution is -1.93. The van der Waals surface area contributed by atoms with Crippen LogP contribution >= 0.6 is 0 Å². The van der Waals surface area contributed by atoms with E-state index in [1.165, 1.54) is 12.1 Å². The quantitative estimate of drug-likeness (QED) is 0.312. The van der Waals surface area contributed by atoms with Crippen molar-refractivity contribution < 1.29 is 10.1 Å². The summed E-state index contributed by atoms with van der Waals surface area (Å²) in [4.78, 5) is 9.83. The molecule has 0 radical (unpaired) electrons. The fourth-order valence-electron chi connectivity index (χ4n) is 0.825. The van der Waals surface area contributed by atoms with Gasteiger partial charge in [-0.25, -0.2) is 0 Å². The van der Waals surface area contributed by atoms with Crippen LogP contribution in [0.5, 0.6) is 0 Å². The van der Waals surface area contributed by atoms with Crippen molar-refractivity contribution in [3.05, 3.63) is 39.9 Å². The van der Waals surface area contributed by atoms with E-state index < -0.39 is 4.92 Å². The van der Waals surface area contributed by atoms with E-state index in [2.05, 4.69) is 5.16 Å². The molecule has 0 heterocycles. The van der Waals surface area contributed by atoms with Crippen molar-refractivity contribution in [3.63, 3.8) is 0 Å². The summed E-state index contributed by atoms with van der Waals surface area (Å²) in [6.07, 6.45) is 1.03. The van der Waals surface area contributed by atoms with Gasteiger partial charge in [0.15, 0.2) is 0 Å². The highest BCUT2D eigenvalue weighted by Gasteiger charge is 2.09. The largest absolute Gasteiger partial charge is 0.411 e. The summed E-state index contributed by atoms with van der Waals surface area (Å²) in [5.41, 5.74) is 0.209. The highest BCUT2D eigenvalue weighted by molar-refractivity contribution is 5.84. The van der Waals surface area contributed by atoms with Gasteiger partial charge < -0.3 is 5.21 Å². The van der Waals surface area contributed by atoms with Crippen molar-refractivity contribution in [1.29, 1.82) is 0 Å². The molecule has 5 nitrogen and oxygen atoms in total. The first-order valence-corrected chi connectivity index (χ1v) is 3.16. The lowest BCUT2D eigenvalue weighted by Gasteiger charge is -1.93. The average molecular weight is 166 g/mol. The van der Waals surface area contributed by atoms with Crippen LogP contribution in [0.15, 0.2) is 29.4 Å². The SMILES string of the molecule is O=[N+]([O-])c1ccccc1/C=N\O. The number of nitro benzene ring substituents is 1. The number of para-hydroxylation sites is 1. The Hall–Kier alpha value is -1.91. The summed E-state index contributed by atoms with van der Waals surface area (Å²) in [5, 5.41) is 21.3. The van der Waals surface area contributed by atoms with Crippen molar-refractivity contribution >= 4 is 11.9 Å². The first-order chi connectivity index (χ1) is 5.75. The molecule has 0 aliphatic heterocycles. The van der Waals surface area contributed by atoms with Crippen LogP contribution in [-0.4, -0.2) is 16.3 Å². The van der Waals surface area contributed by atoms with Crippen molar-refractivity contribution in [2.24, 2.45) is 5.16 Å². The Bertz CT molecular complexity index is 322. The highest BCUT2D eigenvalue weighted by Crippen LogP contribution is 2.14. The summed E-state index contributed by atoms with van der Waals surface area (Å²) in [7, 11) is 0. The van der Waals surface area contributed by atoms with Crippen LogP contribution in [0, 0.1) is 10.1 Å². The second-order valence-electron chi connectivity index (χ2n) is 2.06. The molecule has 1 rings (SSSR count). The number of rotatable bonds is 2. The summed E-state index contributed by atoms with van der Waals surface area (Å²) >= 11 is 0. The minimum atomic E-state index is -0.531. The molecule has 0 aromatic heterocycles. The Labute approximate surface area is 68.1 Å². The average Bonchev–Trinajstić information content (AvgIpc) is 2.05. The predicted octanol–water partition coefficient (Wildman–Crippen LogP) is 1.40. The molecular formula is C7H6N2O3. The van der Waals surface area contributed by atoms with E-state index >= 15 is 0 Å². The van der Waals surface area contributed by atoms with Gasteiger partial charge in [0.05, 0.1) is 16.7 Å². The minimum Gasteiger partial charge on any atom is -0.411 e. The van der Waals surface area contributed by atoms with E-state index in [4.69, 9.17) is 5.21 Å². The molecule has 5 heteroatoms. The van der Waals surface area contributed by atoms with Crippen LogP contribution in [0.1, 0.15) is 5.56 Å². The van der Waals surface area contributed by atoms with Crippen molar-refractivity contribution in [2.45, 2.75) is 0 Å². The summed E-state index contributed by atoms with van der Waals surface area (Å²) in [6, 6.07) is 6.02. The summed E-state index contributed by atoms with van der Waals surface area (Å²) in [6.45, 7) is 0. The molecule has 0 aliphatic carbocycles. The van der Waals surface area contributed by atoms with Gasteiger partial charge in [-0.2, -0.15) is 0 Å². The summed E-state index contributed by atoms with van der Waals surface area (Å²) < 4.78 is 0. The van der Waals surface area contributed by atoms with E-state index in [-0.39, 0.29) is 11.3 Å². The first-order valence-electron chi connectivity index (χ1n) is 3.16. The molecular weight excluding hydrogens is 160 g/mol. The Morgan fingerprint density at radius 2 is 2.17 bits per heavy atom. The van der Waals surface area contributed by atoms with Crippen LogP contribution in [0.25, 0.3) is 0 Å². The Morgan fingerprint density at radius 3 is 2.75 bits per heavy atom. The van der Waals surface area contributed by atoms with Crippen LogP contribution in [0.4, 0.5) is 5.69 Å². The lowest BCUT2D eigenvalue weighted by atomic mass is 10.2. The van der Waals surface area contributed by atoms with Crippen LogP contribution in [-0.2, 0) is 0 Å². The van der Waals surface area contributed by atoms with Gasteiger partial charge in [-0.1, -0.05) is 17.3 Å². The molecule has 1 N–H and O–H groups in total. The van der Waals surface area contributed by atoms with Gasteiger partial charge in [0.2, 0.25) is 0 Å². The van der Waals surface area contributed by atoms with Crippen LogP contribution in [0.2, 0.25) is 0 Å². The Kier molecular flexibility index (Phi) is 2.37. The number of hydrogen-bond acceptors (Lipinski definition) is 4. The van der Waals surface area contributed by atoms with E-state index in [1.54, 1.807) is 12.1 Å². The molecule has 0 saturated carbocycles. The van der Waals surface area contributed by atoms with Gasteiger partial charge in [-0.05, 0) is 6.07 Å². The zero-order chi connectivity index (χ0) is 8.97. The second kappa shape index (κ2) is 3.47. The second-order valence-corrected chi connectivity index (χ2v) is 2.06. The third-order valence-corrected chi connectivity index (χ3v) is 1.33. The van der Waals surface area contributed by atoms with Gasteiger partial charge in [0.1, 0.15) is 0 Å². The molecule has 0 amide bonds. The number of benzene rings is 1. The third-order valence-electron chi connectivity index (χ3n) is 1.33. The van der Waals surface area contributed by atoms with Gasteiger partial charge in [-0.15, -0.1) is 0 Å². The molecule has 0 atom stereocenters. The molecule has 12 heavy (non-hydrogen) atoms. The molecule has 0 bridgehead atoms. The normalized spacial score (nSPS) is 10.3. The highest BCUT2D eigenvalue weighted by atomic mass is 16.6. The van der Waals surface area contributed by atoms with E-state index in [1.807, 2.05) is 0 Å². The van der Waals surface area contributed by atoms with Crippen molar-refractivity contribution in [2.75, 3.05) is 0 Å². The van der Waals surface area contributed by atoms with E-state index in [9.17, 15) is 10.1 Å². The molecule has 0 fully saturated rings. The maximum absolute atomic E-state index is 10.4. The molecule has 1 aromatic carbocycles. The van der Waals surface area contributed by atoms with Gasteiger partial charge >= 0.3 is 0 Å². The first kappa shape index (κ1) is 8.19.